The molecule has 0 aliphatic heterocycles. The lowest BCUT2D eigenvalue weighted by Crippen LogP contribution is -2.13. The van der Waals surface area contributed by atoms with E-state index in [1.54, 1.807) is 0 Å². The van der Waals surface area contributed by atoms with Crippen molar-refractivity contribution in [3.05, 3.63) is 69.0 Å². The number of benzene rings is 2. The molecule has 0 heterocycles. The van der Waals surface area contributed by atoms with E-state index in [9.17, 15) is 19.6 Å². The molecule has 21 heavy (non-hydrogen) atoms. The number of nitro benzene ring substituents is 1. The van der Waals surface area contributed by atoms with Gasteiger partial charge in [0.2, 0.25) is 0 Å². The Morgan fingerprint density at radius 3 is 2.52 bits per heavy atom. The molecule has 2 rings (SSSR count). The normalized spacial score (nSPS) is 12.0. The number of hydrogen-bond acceptors (Lipinski definition) is 4. The van der Waals surface area contributed by atoms with Gasteiger partial charge in [-0.05, 0) is 29.8 Å². The highest BCUT2D eigenvalue weighted by Crippen LogP contribution is 2.26. The minimum absolute atomic E-state index is 0.0263. The van der Waals surface area contributed by atoms with Crippen molar-refractivity contribution in [2.24, 2.45) is 0 Å². The predicted molar refractivity (Wildman–Crippen MR) is 78.0 cm³/mol. The number of nitrogens with zero attached hydrogens (tertiary/aromatic N) is 1. The lowest BCUT2D eigenvalue weighted by molar-refractivity contribution is -0.384. The van der Waals surface area contributed by atoms with Gasteiger partial charge in [0, 0.05) is 18.7 Å². The van der Waals surface area contributed by atoms with Crippen LogP contribution in [0.3, 0.4) is 0 Å². The molecule has 1 atom stereocenters. The Bertz CT molecular complexity index is 629. The molecular weight excluding hydrogens is 299 g/mol. The number of rotatable bonds is 5. The largest absolute Gasteiger partial charge is 0.387 e. The second-order valence-corrected chi connectivity index (χ2v) is 4.75. The summed E-state index contributed by atoms with van der Waals surface area (Å²) in [5, 5.41) is 23.5. The third-order valence-electron chi connectivity index (χ3n) is 2.92. The highest BCUT2D eigenvalue weighted by Gasteiger charge is 2.12. The molecule has 0 aliphatic rings. The van der Waals surface area contributed by atoms with Gasteiger partial charge in [0.1, 0.15) is 5.82 Å². The first kappa shape index (κ1) is 15.2. The maximum atomic E-state index is 13.5. The minimum atomic E-state index is -0.943. The van der Waals surface area contributed by atoms with Crippen LogP contribution in [0.1, 0.15) is 11.7 Å². The van der Waals surface area contributed by atoms with E-state index in [0.717, 1.165) is 0 Å². The van der Waals surface area contributed by atoms with Gasteiger partial charge in [0.25, 0.3) is 5.69 Å². The molecule has 2 N–H and O–H groups in total. The Balaban J connectivity index is 2.04. The number of anilines is 1. The summed E-state index contributed by atoms with van der Waals surface area (Å²) in [5.41, 5.74) is 0.539. The number of aliphatic hydroxyl groups excluding tert-OH is 1. The highest BCUT2D eigenvalue weighted by molar-refractivity contribution is 6.33. The number of hydrogen-bond donors (Lipinski definition) is 2. The summed E-state index contributed by atoms with van der Waals surface area (Å²) in [6.45, 7) is 0.0263. The molecule has 1 unspecified atom stereocenters. The third kappa shape index (κ3) is 3.68. The van der Waals surface area contributed by atoms with Gasteiger partial charge in [-0.3, -0.25) is 10.1 Å². The molecule has 0 bridgehead atoms. The molecule has 110 valence electrons. The fourth-order valence-electron chi connectivity index (χ4n) is 1.80. The van der Waals surface area contributed by atoms with Gasteiger partial charge in [-0.1, -0.05) is 17.7 Å². The smallest absolute Gasteiger partial charge is 0.269 e. The van der Waals surface area contributed by atoms with Crippen LogP contribution in [0.2, 0.25) is 5.02 Å². The van der Waals surface area contributed by atoms with Gasteiger partial charge in [0.15, 0.2) is 0 Å². The number of para-hydroxylation sites is 1. The second-order valence-electron chi connectivity index (χ2n) is 4.34. The Morgan fingerprint density at radius 1 is 1.29 bits per heavy atom. The molecular formula is C14H12ClFN2O3. The summed E-state index contributed by atoms with van der Waals surface area (Å²) >= 11 is 5.86. The zero-order chi connectivity index (χ0) is 15.4. The molecule has 0 amide bonds. The van der Waals surface area contributed by atoms with E-state index in [0.29, 0.717) is 5.56 Å². The van der Waals surface area contributed by atoms with E-state index >= 15 is 0 Å². The zero-order valence-corrected chi connectivity index (χ0v) is 11.5. The Labute approximate surface area is 125 Å². The predicted octanol–water partition coefficient (Wildman–Crippen LogP) is 3.53. The highest BCUT2D eigenvalue weighted by atomic mass is 35.5. The van der Waals surface area contributed by atoms with Crippen molar-refractivity contribution >= 4 is 23.0 Å². The number of nitrogens with one attached hydrogen (secondary N) is 1. The Kier molecular flexibility index (Phi) is 4.72. The number of nitro groups is 1. The summed E-state index contributed by atoms with van der Waals surface area (Å²) in [4.78, 5) is 10.0. The number of non-ortho nitro benzene ring substituents is 1. The van der Waals surface area contributed by atoms with Crippen molar-refractivity contribution in [1.29, 1.82) is 0 Å². The summed E-state index contributed by atoms with van der Waals surface area (Å²) in [5.74, 6) is -0.515. The van der Waals surface area contributed by atoms with E-state index in [-0.39, 0.29) is 22.9 Å². The fraction of sp³-hybridized carbons (Fsp3) is 0.143. The Morgan fingerprint density at radius 2 is 1.95 bits per heavy atom. The van der Waals surface area contributed by atoms with Crippen LogP contribution < -0.4 is 5.32 Å². The van der Waals surface area contributed by atoms with Crippen LogP contribution in [0.5, 0.6) is 0 Å². The van der Waals surface area contributed by atoms with Crippen LogP contribution in [0.15, 0.2) is 42.5 Å². The zero-order valence-electron chi connectivity index (χ0n) is 10.8. The molecule has 0 radical (unpaired) electrons. The van der Waals surface area contributed by atoms with Crippen LogP contribution in [0.4, 0.5) is 15.8 Å². The van der Waals surface area contributed by atoms with E-state index < -0.39 is 16.8 Å². The first-order valence-electron chi connectivity index (χ1n) is 6.09. The van der Waals surface area contributed by atoms with Crippen molar-refractivity contribution < 1.29 is 14.4 Å². The maximum Gasteiger partial charge on any atom is 0.269 e. The molecule has 0 fully saturated rings. The Hall–Kier alpha value is -2.18. The molecule has 7 heteroatoms. The SMILES string of the molecule is O=[N+]([O-])c1ccc(C(O)CNc2c(F)cccc2Cl)cc1. The molecule has 2 aromatic carbocycles. The van der Waals surface area contributed by atoms with Crippen LogP contribution >= 0.6 is 11.6 Å². The second kappa shape index (κ2) is 6.51. The van der Waals surface area contributed by atoms with E-state index in [1.165, 1.54) is 42.5 Å². The quantitative estimate of drug-likeness (QED) is 0.654. The first-order valence-corrected chi connectivity index (χ1v) is 6.47. The van der Waals surface area contributed by atoms with Gasteiger partial charge < -0.3 is 10.4 Å². The van der Waals surface area contributed by atoms with Crippen molar-refractivity contribution in [3.63, 3.8) is 0 Å². The van der Waals surface area contributed by atoms with Crippen LogP contribution in [0.25, 0.3) is 0 Å². The average Bonchev–Trinajstić information content (AvgIpc) is 2.46. The van der Waals surface area contributed by atoms with E-state index in [2.05, 4.69) is 5.32 Å². The van der Waals surface area contributed by atoms with Gasteiger partial charge in [-0.25, -0.2) is 4.39 Å². The maximum absolute atomic E-state index is 13.5. The van der Waals surface area contributed by atoms with Crippen LogP contribution in [0, 0.1) is 15.9 Å². The monoisotopic (exact) mass is 310 g/mol. The van der Waals surface area contributed by atoms with Gasteiger partial charge in [-0.2, -0.15) is 0 Å². The molecule has 0 aromatic heterocycles. The summed E-state index contributed by atoms with van der Waals surface area (Å²) in [7, 11) is 0. The van der Waals surface area contributed by atoms with E-state index in [4.69, 9.17) is 11.6 Å². The molecule has 5 nitrogen and oxygen atoms in total. The number of halogens is 2. The van der Waals surface area contributed by atoms with Crippen molar-refractivity contribution in [2.45, 2.75) is 6.10 Å². The summed E-state index contributed by atoms with van der Waals surface area (Å²) in [6.07, 6.45) is -0.943. The first-order chi connectivity index (χ1) is 9.99. The molecule has 2 aromatic rings. The van der Waals surface area contributed by atoms with Crippen molar-refractivity contribution in [1.82, 2.24) is 0 Å². The molecule has 0 saturated carbocycles. The summed E-state index contributed by atoms with van der Waals surface area (Å²) < 4.78 is 13.5. The minimum Gasteiger partial charge on any atom is -0.387 e. The third-order valence-corrected chi connectivity index (χ3v) is 3.24. The average molecular weight is 311 g/mol. The molecule has 0 aliphatic carbocycles. The number of aliphatic hydroxyl groups is 1. The van der Waals surface area contributed by atoms with Gasteiger partial charge in [-0.15, -0.1) is 0 Å². The molecule has 0 saturated heterocycles. The lowest BCUT2D eigenvalue weighted by Gasteiger charge is -2.14. The van der Waals surface area contributed by atoms with E-state index in [1.807, 2.05) is 0 Å². The van der Waals surface area contributed by atoms with Gasteiger partial charge >= 0.3 is 0 Å². The van der Waals surface area contributed by atoms with Crippen LogP contribution in [-0.4, -0.2) is 16.6 Å². The topological polar surface area (TPSA) is 75.4 Å². The molecule has 0 spiro atoms. The van der Waals surface area contributed by atoms with Crippen molar-refractivity contribution in [3.8, 4) is 0 Å². The van der Waals surface area contributed by atoms with Crippen LogP contribution in [-0.2, 0) is 0 Å². The summed E-state index contributed by atoms with van der Waals surface area (Å²) in [6, 6.07) is 9.78. The fourth-order valence-corrected chi connectivity index (χ4v) is 2.03. The lowest BCUT2D eigenvalue weighted by atomic mass is 10.1. The van der Waals surface area contributed by atoms with Gasteiger partial charge in [0.05, 0.1) is 21.7 Å². The van der Waals surface area contributed by atoms with Crippen molar-refractivity contribution in [2.75, 3.05) is 11.9 Å². The standard InChI is InChI=1S/C14H12ClFN2O3/c15-11-2-1-3-12(16)14(11)17-8-13(19)9-4-6-10(7-5-9)18(20)21/h1-7,13,17,19H,8H2.